The lowest BCUT2D eigenvalue weighted by molar-refractivity contribution is 0.0962. The van der Waals surface area contributed by atoms with Crippen LogP contribution in [0.3, 0.4) is 0 Å². The molecule has 1 heterocycles. The van der Waals surface area contributed by atoms with Crippen molar-refractivity contribution in [1.82, 2.24) is 15.1 Å². The lowest BCUT2D eigenvalue weighted by Gasteiger charge is -2.00. The highest BCUT2D eigenvalue weighted by Gasteiger charge is 2.12. The second kappa shape index (κ2) is 4.42. The fourth-order valence-corrected chi connectivity index (χ4v) is 1.18. The molecule has 0 radical (unpaired) electrons. The Morgan fingerprint density at radius 2 is 2.43 bits per heavy atom. The number of carbonyl (C=O) groups excluding carboxylic acids is 1. The van der Waals surface area contributed by atoms with E-state index in [4.69, 9.17) is 5.26 Å². The van der Waals surface area contributed by atoms with Gasteiger partial charge in [0.1, 0.15) is 5.69 Å². The van der Waals surface area contributed by atoms with Crippen molar-refractivity contribution >= 4 is 5.91 Å². The maximum Gasteiger partial charge on any atom is 0.282 e. The summed E-state index contributed by atoms with van der Waals surface area (Å²) >= 11 is 0. The summed E-state index contributed by atoms with van der Waals surface area (Å²) in [6, 6.07) is 1.70. The van der Waals surface area contributed by atoms with Crippen LogP contribution in [-0.2, 0) is 13.0 Å². The zero-order chi connectivity index (χ0) is 10.6. The number of rotatable bonds is 3. The van der Waals surface area contributed by atoms with Gasteiger partial charge in [-0.3, -0.25) is 14.8 Å². The molecule has 0 aromatic carbocycles. The third-order valence-electron chi connectivity index (χ3n) is 1.89. The van der Waals surface area contributed by atoms with Crippen molar-refractivity contribution < 1.29 is 4.79 Å². The van der Waals surface area contributed by atoms with Gasteiger partial charge in [0, 0.05) is 6.54 Å². The Kier molecular flexibility index (Phi) is 3.24. The van der Waals surface area contributed by atoms with Crippen LogP contribution in [0.15, 0.2) is 6.07 Å². The van der Waals surface area contributed by atoms with Crippen molar-refractivity contribution in [3.8, 4) is 6.19 Å². The molecule has 0 bridgehead atoms. The van der Waals surface area contributed by atoms with Gasteiger partial charge in [-0.1, -0.05) is 6.92 Å². The van der Waals surface area contributed by atoms with Crippen LogP contribution in [0.25, 0.3) is 0 Å². The number of hydrogen-bond donors (Lipinski definition) is 1. The van der Waals surface area contributed by atoms with E-state index in [-0.39, 0.29) is 0 Å². The van der Waals surface area contributed by atoms with Gasteiger partial charge in [-0.15, -0.1) is 0 Å². The summed E-state index contributed by atoms with van der Waals surface area (Å²) in [5.41, 5.74) is 1.29. The predicted octanol–water partition coefficient (Wildman–Crippen LogP) is 0.676. The standard InChI is InChI=1S/C9H12N4O/c1-3-7-5-8(9(14)11-6-10)13(4-2)12-7/h5H,3-4H2,1-2H3,(H,11,14). The van der Waals surface area contributed by atoms with Crippen molar-refractivity contribution in [1.29, 1.82) is 5.26 Å². The minimum Gasteiger partial charge on any atom is -0.266 e. The highest BCUT2D eigenvalue weighted by atomic mass is 16.1. The van der Waals surface area contributed by atoms with E-state index in [1.54, 1.807) is 16.9 Å². The maximum atomic E-state index is 11.4. The number of amides is 1. The van der Waals surface area contributed by atoms with Crippen molar-refractivity contribution in [3.05, 3.63) is 17.5 Å². The normalized spacial score (nSPS) is 9.50. The summed E-state index contributed by atoms with van der Waals surface area (Å²) in [6.07, 6.45) is 2.38. The van der Waals surface area contributed by atoms with E-state index in [1.807, 2.05) is 13.8 Å². The van der Waals surface area contributed by atoms with E-state index in [0.29, 0.717) is 12.2 Å². The summed E-state index contributed by atoms with van der Waals surface area (Å²) in [7, 11) is 0. The predicted molar refractivity (Wildman–Crippen MR) is 50.4 cm³/mol. The van der Waals surface area contributed by atoms with Crippen molar-refractivity contribution in [2.45, 2.75) is 26.8 Å². The fourth-order valence-electron chi connectivity index (χ4n) is 1.18. The summed E-state index contributed by atoms with van der Waals surface area (Å²) < 4.78 is 1.59. The van der Waals surface area contributed by atoms with Crippen LogP contribution in [0.4, 0.5) is 0 Å². The molecule has 0 atom stereocenters. The second-order valence-electron chi connectivity index (χ2n) is 2.76. The molecule has 0 saturated heterocycles. The van der Waals surface area contributed by atoms with E-state index in [9.17, 15) is 4.79 Å². The van der Waals surface area contributed by atoms with Crippen molar-refractivity contribution in [3.63, 3.8) is 0 Å². The Bertz CT molecular complexity index is 375. The molecule has 1 N–H and O–H groups in total. The van der Waals surface area contributed by atoms with Gasteiger partial charge in [0.2, 0.25) is 0 Å². The summed E-state index contributed by atoms with van der Waals surface area (Å²) in [6.45, 7) is 4.48. The van der Waals surface area contributed by atoms with Gasteiger partial charge in [-0.2, -0.15) is 10.4 Å². The monoisotopic (exact) mass is 192 g/mol. The number of carbonyl (C=O) groups is 1. The molecule has 5 nitrogen and oxygen atoms in total. The Labute approximate surface area is 82.3 Å². The van der Waals surface area contributed by atoms with E-state index >= 15 is 0 Å². The van der Waals surface area contributed by atoms with E-state index in [2.05, 4.69) is 10.4 Å². The van der Waals surface area contributed by atoms with Crippen molar-refractivity contribution in [2.75, 3.05) is 0 Å². The first-order valence-corrected chi connectivity index (χ1v) is 4.49. The Morgan fingerprint density at radius 1 is 1.71 bits per heavy atom. The molecule has 74 valence electrons. The second-order valence-corrected chi connectivity index (χ2v) is 2.76. The minimum absolute atomic E-state index is 0.401. The highest BCUT2D eigenvalue weighted by Crippen LogP contribution is 2.05. The molecule has 0 unspecified atom stereocenters. The topological polar surface area (TPSA) is 70.7 Å². The molecular formula is C9H12N4O. The SMILES string of the molecule is CCc1cc(C(=O)NC#N)n(CC)n1. The average molecular weight is 192 g/mol. The molecule has 1 aromatic heterocycles. The van der Waals surface area contributed by atoms with Crippen LogP contribution in [0.2, 0.25) is 0 Å². The van der Waals surface area contributed by atoms with Gasteiger partial charge in [0.15, 0.2) is 6.19 Å². The zero-order valence-electron chi connectivity index (χ0n) is 8.24. The number of aromatic nitrogens is 2. The first kappa shape index (κ1) is 10.3. The maximum absolute atomic E-state index is 11.4. The van der Waals surface area contributed by atoms with Gasteiger partial charge >= 0.3 is 0 Å². The number of hydrogen-bond acceptors (Lipinski definition) is 3. The molecule has 14 heavy (non-hydrogen) atoms. The van der Waals surface area contributed by atoms with Gasteiger partial charge in [-0.05, 0) is 19.4 Å². The molecule has 1 amide bonds. The quantitative estimate of drug-likeness (QED) is 0.565. The van der Waals surface area contributed by atoms with Gasteiger partial charge in [0.05, 0.1) is 5.69 Å². The van der Waals surface area contributed by atoms with E-state index in [0.717, 1.165) is 12.1 Å². The molecule has 0 saturated carbocycles. The van der Waals surface area contributed by atoms with Gasteiger partial charge in [-0.25, -0.2) is 0 Å². The molecule has 0 fully saturated rings. The third-order valence-corrected chi connectivity index (χ3v) is 1.89. The van der Waals surface area contributed by atoms with Crippen LogP contribution in [-0.4, -0.2) is 15.7 Å². The smallest absolute Gasteiger partial charge is 0.266 e. The molecule has 0 aliphatic carbocycles. The molecule has 0 aliphatic heterocycles. The average Bonchev–Trinajstić information content (AvgIpc) is 2.61. The summed E-state index contributed by atoms with van der Waals surface area (Å²) in [4.78, 5) is 11.4. The van der Waals surface area contributed by atoms with Crippen LogP contribution in [0.5, 0.6) is 0 Å². The Balaban J connectivity index is 3.01. The number of nitriles is 1. The molecule has 5 heteroatoms. The largest absolute Gasteiger partial charge is 0.282 e. The first-order chi connectivity index (χ1) is 6.72. The van der Waals surface area contributed by atoms with Crippen LogP contribution in [0.1, 0.15) is 30.0 Å². The highest BCUT2D eigenvalue weighted by molar-refractivity contribution is 5.93. The zero-order valence-corrected chi connectivity index (χ0v) is 8.24. The van der Waals surface area contributed by atoms with Gasteiger partial charge in [0.25, 0.3) is 5.91 Å². The number of nitrogens with one attached hydrogen (secondary N) is 1. The molecular weight excluding hydrogens is 180 g/mol. The first-order valence-electron chi connectivity index (χ1n) is 4.49. The third kappa shape index (κ3) is 1.91. The van der Waals surface area contributed by atoms with Crippen LogP contribution < -0.4 is 5.32 Å². The summed E-state index contributed by atoms with van der Waals surface area (Å²) in [5.74, 6) is -0.401. The molecule has 1 aromatic rings. The lowest BCUT2D eigenvalue weighted by atomic mass is 10.3. The molecule has 0 spiro atoms. The number of aryl methyl sites for hydroxylation is 2. The van der Waals surface area contributed by atoms with Gasteiger partial charge < -0.3 is 0 Å². The minimum atomic E-state index is -0.401. The lowest BCUT2D eigenvalue weighted by Crippen LogP contribution is -2.21. The van der Waals surface area contributed by atoms with E-state index in [1.165, 1.54) is 0 Å². The fraction of sp³-hybridized carbons (Fsp3) is 0.444. The Morgan fingerprint density at radius 3 is 2.93 bits per heavy atom. The molecule has 0 aliphatic rings. The van der Waals surface area contributed by atoms with Crippen LogP contribution >= 0.6 is 0 Å². The molecule has 1 rings (SSSR count). The van der Waals surface area contributed by atoms with Crippen LogP contribution in [0, 0.1) is 11.5 Å². The number of nitrogens with zero attached hydrogens (tertiary/aromatic N) is 3. The van der Waals surface area contributed by atoms with E-state index < -0.39 is 5.91 Å². The van der Waals surface area contributed by atoms with Crippen molar-refractivity contribution in [2.24, 2.45) is 0 Å². The Hall–Kier alpha value is -1.83. The summed E-state index contributed by atoms with van der Waals surface area (Å²) in [5, 5.41) is 14.6.